The lowest BCUT2D eigenvalue weighted by molar-refractivity contribution is 0.173. The van der Waals surface area contributed by atoms with Crippen LogP contribution in [-0.4, -0.2) is 6.79 Å². The second-order valence-electron chi connectivity index (χ2n) is 4.25. The molecule has 1 aliphatic rings. The van der Waals surface area contributed by atoms with Crippen LogP contribution >= 0.6 is 39.1 Å². The molecular formula is C14H10BrCl2NO2. The zero-order chi connectivity index (χ0) is 14.1. The molecule has 20 heavy (non-hydrogen) atoms. The number of hydrogen-bond donors (Lipinski definition) is 1. The van der Waals surface area contributed by atoms with E-state index in [-0.39, 0.29) is 6.79 Å². The first-order valence-corrected chi connectivity index (χ1v) is 7.46. The fourth-order valence-electron chi connectivity index (χ4n) is 2.02. The van der Waals surface area contributed by atoms with Crippen LogP contribution in [0.5, 0.6) is 11.5 Å². The molecular weight excluding hydrogens is 365 g/mol. The highest BCUT2D eigenvalue weighted by molar-refractivity contribution is 9.10. The van der Waals surface area contributed by atoms with Gasteiger partial charge < -0.3 is 14.8 Å². The zero-order valence-corrected chi connectivity index (χ0v) is 13.3. The summed E-state index contributed by atoms with van der Waals surface area (Å²) in [6.07, 6.45) is 0. The summed E-state index contributed by atoms with van der Waals surface area (Å²) in [5.41, 5.74) is 1.70. The molecule has 3 nitrogen and oxygen atoms in total. The van der Waals surface area contributed by atoms with E-state index >= 15 is 0 Å². The Bertz CT molecular complexity index is 641. The van der Waals surface area contributed by atoms with Crippen LogP contribution in [0, 0.1) is 0 Å². The minimum absolute atomic E-state index is 0.256. The number of rotatable bonds is 3. The maximum Gasteiger partial charge on any atom is 0.231 e. The Morgan fingerprint density at radius 3 is 2.65 bits per heavy atom. The molecule has 0 fully saturated rings. The van der Waals surface area contributed by atoms with Crippen LogP contribution in [0.4, 0.5) is 5.69 Å². The van der Waals surface area contributed by atoms with Gasteiger partial charge in [0.1, 0.15) is 0 Å². The monoisotopic (exact) mass is 373 g/mol. The maximum atomic E-state index is 6.19. The molecule has 2 aromatic carbocycles. The van der Waals surface area contributed by atoms with E-state index in [1.165, 1.54) is 0 Å². The molecule has 0 spiro atoms. The van der Waals surface area contributed by atoms with Gasteiger partial charge in [-0.1, -0.05) is 51.3 Å². The predicted octanol–water partition coefficient (Wildman–Crippen LogP) is 5.10. The molecule has 0 aliphatic carbocycles. The van der Waals surface area contributed by atoms with E-state index in [4.69, 9.17) is 32.7 Å². The van der Waals surface area contributed by atoms with Crippen molar-refractivity contribution in [2.75, 3.05) is 12.1 Å². The van der Waals surface area contributed by atoms with E-state index < -0.39 is 0 Å². The van der Waals surface area contributed by atoms with E-state index in [9.17, 15) is 0 Å². The Balaban J connectivity index is 1.83. The van der Waals surface area contributed by atoms with E-state index in [0.717, 1.165) is 21.5 Å². The van der Waals surface area contributed by atoms with E-state index in [1.807, 2.05) is 18.2 Å². The normalized spacial score (nSPS) is 12.6. The Kier molecular flexibility index (Phi) is 3.96. The summed E-state index contributed by atoms with van der Waals surface area (Å²) in [5, 5.41) is 4.36. The average Bonchev–Trinajstić information content (AvgIpc) is 2.86. The molecule has 3 rings (SSSR count). The molecule has 0 saturated carbocycles. The van der Waals surface area contributed by atoms with Gasteiger partial charge in [-0.25, -0.2) is 0 Å². The van der Waals surface area contributed by atoms with Crippen molar-refractivity contribution in [2.45, 2.75) is 6.54 Å². The molecule has 1 heterocycles. The third kappa shape index (κ3) is 2.68. The summed E-state index contributed by atoms with van der Waals surface area (Å²) in [4.78, 5) is 0. The number of nitrogens with one attached hydrogen (secondary N) is 1. The van der Waals surface area contributed by atoms with Crippen molar-refractivity contribution in [1.82, 2.24) is 0 Å². The van der Waals surface area contributed by atoms with E-state index in [0.29, 0.717) is 22.3 Å². The molecule has 1 aliphatic heterocycles. The highest BCUT2D eigenvalue weighted by Gasteiger charge is 2.17. The van der Waals surface area contributed by atoms with Gasteiger partial charge in [0, 0.05) is 16.6 Å². The molecule has 0 atom stereocenters. The number of anilines is 1. The summed E-state index contributed by atoms with van der Waals surface area (Å²) >= 11 is 15.7. The lowest BCUT2D eigenvalue weighted by atomic mass is 10.2. The van der Waals surface area contributed by atoms with Crippen molar-refractivity contribution in [3.8, 4) is 11.5 Å². The topological polar surface area (TPSA) is 30.5 Å². The van der Waals surface area contributed by atoms with Gasteiger partial charge in [0.2, 0.25) is 6.79 Å². The summed E-state index contributed by atoms with van der Waals surface area (Å²) in [6, 6.07) is 9.37. The van der Waals surface area contributed by atoms with Gasteiger partial charge in [0.15, 0.2) is 11.5 Å². The lowest BCUT2D eigenvalue weighted by Gasteiger charge is -2.12. The molecule has 0 amide bonds. The van der Waals surface area contributed by atoms with Gasteiger partial charge in [0.25, 0.3) is 0 Å². The second kappa shape index (κ2) is 5.72. The van der Waals surface area contributed by atoms with Gasteiger partial charge in [0.05, 0.1) is 15.7 Å². The van der Waals surface area contributed by atoms with Crippen LogP contribution in [0.15, 0.2) is 34.8 Å². The number of para-hydroxylation sites is 1. The van der Waals surface area contributed by atoms with Gasteiger partial charge in [-0.2, -0.15) is 0 Å². The first-order chi connectivity index (χ1) is 9.65. The van der Waals surface area contributed by atoms with Crippen molar-refractivity contribution in [3.63, 3.8) is 0 Å². The van der Waals surface area contributed by atoms with Gasteiger partial charge in [-0.05, 0) is 18.2 Å². The molecule has 0 saturated heterocycles. The third-order valence-corrected chi connectivity index (χ3v) is 3.99. The lowest BCUT2D eigenvalue weighted by Crippen LogP contribution is -2.02. The molecule has 2 aromatic rings. The summed E-state index contributed by atoms with van der Waals surface area (Å²) in [7, 11) is 0. The zero-order valence-electron chi connectivity index (χ0n) is 10.3. The molecule has 1 N–H and O–H groups in total. The minimum atomic E-state index is 0.256. The van der Waals surface area contributed by atoms with Crippen LogP contribution in [0.3, 0.4) is 0 Å². The fraction of sp³-hybridized carbons (Fsp3) is 0.143. The minimum Gasteiger partial charge on any atom is -0.454 e. The van der Waals surface area contributed by atoms with Crippen molar-refractivity contribution in [3.05, 3.63) is 50.4 Å². The average molecular weight is 375 g/mol. The van der Waals surface area contributed by atoms with Crippen LogP contribution in [0.2, 0.25) is 10.0 Å². The SMILES string of the molecule is Clc1cc(Br)cc(Cl)c1NCc1cccc2c1OCO2. The number of ether oxygens (including phenoxy) is 2. The van der Waals surface area contributed by atoms with Crippen molar-refractivity contribution < 1.29 is 9.47 Å². The number of benzene rings is 2. The Labute approximate surface area is 134 Å². The number of hydrogen-bond acceptors (Lipinski definition) is 3. The number of fused-ring (bicyclic) bond motifs is 1. The summed E-state index contributed by atoms with van der Waals surface area (Å²) in [5.74, 6) is 1.53. The van der Waals surface area contributed by atoms with Crippen molar-refractivity contribution in [2.24, 2.45) is 0 Å². The third-order valence-electron chi connectivity index (χ3n) is 2.94. The van der Waals surface area contributed by atoms with E-state index in [1.54, 1.807) is 12.1 Å². The molecule has 0 aromatic heterocycles. The van der Waals surface area contributed by atoms with E-state index in [2.05, 4.69) is 21.2 Å². The van der Waals surface area contributed by atoms with Gasteiger partial charge in [-0.3, -0.25) is 0 Å². The number of halogens is 3. The predicted molar refractivity (Wildman–Crippen MR) is 84.1 cm³/mol. The Morgan fingerprint density at radius 1 is 1.15 bits per heavy atom. The smallest absolute Gasteiger partial charge is 0.231 e. The second-order valence-corrected chi connectivity index (χ2v) is 5.98. The van der Waals surface area contributed by atoms with Gasteiger partial charge in [-0.15, -0.1) is 0 Å². The van der Waals surface area contributed by atoms with Crippen LogP contribution < -0.4 is 14.8 Å². The van der Waals surface area contributed by atoms with Crippen LogP contribution in [-0.2, 0) is 6.54 Å². The molecule has 0 unspecified atom stereocenters. The van der Waals surface area contributed by atoms with Crippen LogP contribution in [0.1, 0.15) is 5.56 Å². The van der Waals surface area contributed by atoms with Crippen molar-refractivity contribution >= 4 is 44.8 Å². The fourth-order valence-corrected chi connectivity index (χ4v) is 3.37. The summed E-state index contributed by atoms with van der Waals surface area (Å²) < 4.78 is 11.7. The van der Waals surface area contributed by atoms with Crippen LogP contribution in [0.25, 0.3) is 0 Å². The largest absolute Gasteiger partial charge is 0.454 e. The maximum absolute atomic E-state index is 6.19. The molecule has 0 bridgehead atoms. The highest BCUT2D eigenvalue weighted by atomic mass is 79.9. The Hall–Kier alpha value is -1.10. The Morgan fingerprint density at radius 2 is 1.90 bits per heavy atom. The molecule has 104 valence electrons. The first kappa shape index (κ1) is 13.9. The van der Waals surface area contributed by atoms with Crippen molar-refractivity contribution in [1.29, 1.82) is 0 Å². The van der Waals surface area contributed by atoms with Gasteiger partial charge >= 0.3 is 0 Å². The molecule has 0 radical (unpaired) electrons. The molecule has 6 heteroatoms. The first-order valence-electron chi connectivity index (χ1n) is 5.91. The summed E-state index contributed by atoms with van der Waals surface area (Å²) in [6.45, 7) is 0.805. The standard InChI is InChI=1S/C14H10BrCl2NO2/c15-9-4-10(16)13(11(17)5-9)18-6-8-2-1-3-12-14(8)20-7-19-12/h1-5,18H,6-7H2. The highest BCUT2D eigenvalue weighted by Crippen LogP contribution is 2.37. The quantitative estimate of drug-likeness (QED) is 0.810.